The van der Waals surface area contributed by atoms with Crippen molar-refractivity contribution >= 4 is 11.7 Å². The van der Waals surface area contributed by atoms with Gasteiger partial charge in [-0.2, -0.15) is 0 Å². The number of hydrogen-bond acceptors (Lipinski definition) is 3. The molecule has 1 saturated heterocycles. The summed E-state index contributed by atoms with van der Waals surface area (Å²) in [5, 5.41) is 0. The van der Waals surface area contributed by atoms with E-state index in [1.165, 1.54) is 0 Å². The smallest absolute Gasteiger partial charge is 0.270 e. The Bertz CT molecular complexity index is 540. The number of aromatic amines is 1. The summed E-state index contributed by atoms with van der Waals surface area (Å²) in [6.07, 6.45) is 3.33. The molecule has 0 saturated carbocycles. The number of H-pyrrole nitrogens is 1. The molecule has 2 heterocycles. The predicted octanol–water partition coefficient (Wildman–Crippen LogP) is 2.04. The van der Waals surface area contributed by atoms with Crippen LogP contribution < -0.4 is 5.73 Å². The lowest BCUT2D eigenvalue weighted by atomic mass is 10.00. The maximum absolute atomic E-state index is 12.7. The summed E-state index contributed by atoms with van der Waals surface area (Å²) in [5.41, 5.74) is 8.84. The second-order valence-electron chi connectivity index (χ2n) is 5.91. The monoisotopic (exact) mass is 291 g/mol. The molecule has 3 N–H and O–H groups in total. The molecule has 1 aliphatic heterocycles. The van der Waals surface area contributed by atoms with Crippen LogP contribution in [0.1, 0.15) is 65.2 Å². The van der Waals surface area contributed by atoms with Crippen molar-refractivity contribution in [2.24, 2.45) is 5.73 Å². The van der Waals surface area contributed by atoms with Gasteiger partial charge in [0.1, 0.15) is 5.69 Å². The highest BCUT2D eigenvalue weighted by atomic mass is 16.2. The number of aryl methyl sites for hydroxylation is 1. The SMILES string of the molecule is CCCc1c(C(=O)N2CCC(N)CC2)[nH]c(C)c1C(C)=O. The van der Waals surface area contributed by atoms with E-state index >= 15 is 0 Å². The number of piperidine rings is 1. The van der Waals surface area contributed by atoms with Crippen molar-refractivity contribution in [2.45, 2.75) is 52.5 Å². The van der Waals surface area contributed by atoms with Crippen molar-refractivity contribution in [1.82, 2.24) is 9.88 Å². The van der Waals surface area contributed by atoms with Gasteiger partial charge in [0.05, 0.1) is 0 Å². The molecule has 0 spiro atoms. The molecule has 0 aliphatic carbocycles. The number of carbonyl (C=O) groups is 2. The van der Waals surface area contributed by atoms with Gasteiger partial charge in [-0.05, 0) is 38.7 Å². The second-order valence-corrected chi connectivity index (χ2v) is 5.91. The first-order chi connectivity index (χ1) is 9.95. The van der Waals surface area contributed by atoms with Crippen molar-refractivity contribution < 1.29 is 9.59 Å². The number of nitrogens with zero attached hydrogens (tertiary/aromatic N) is 1. The minimum atomic E-state index is 0.000880. The lowest BCUT2D eigenvalue weighted by Crippen LogP contribution is -2.43. The number of nitrogens with one attached hydrogen (secondary N) is 1. The first-order valence-corrected chi connectivity index (χ1v) is 7.72. The van der Waals surface area contributed by atoms with Crippen LogP contribution in [0.3, 0.4) is 0 Å². The molecule has 1 amide bonds. The quantitative estimate of drug-likeness (QED) is 0.833. The molecule has 5 nitrogen and oxygen atoms in total. The summed E-state index contributed by atoms with van der Waals surface area (Å²) >= 11 is 0. The lowest BCUT2D eigenvalue weighted by Gasteiger charge is -2.30. The first-order valence-electron chi connectivity index (χ1n) is 7.72. The van der Waals surface area contributed by atoms with Gasteiger partial charge in [0.2, 0.25) is 0 Å². The average molecular weight is 291 g/mol. The zero-order chi connectivity index (χ0) is 15.6. The minimum absolute atomic E-state index is 0.000880. The fourth-order valence-corrected chi connectivity index (χ4v) is 3.10. The number of rotatable bonds is 4. The van der Waals surface area contributed by atoms with Crippen LogP contribution in [0.15, 0.2) is 0 Å². The van der Waals surface area contributed by atoms with E-state index < -0.39 is 0 Å². The molecule has 0 aromatic carbocycles. The highest BCUT2D eigenvalue weighted by Gasteiger charge is 2.27. The van der Waals surface area contributed by atoms with Crippen LogP contribution in [0.2, 0.25) is 0 Å². The Morgan fingerprint density at radius 3 is 2.48 bits per heavy atom. The third kappa shape index (κ3) is 3.18. The van der Waals surface area contributed by atoms with Gasteiger partial charge >= 0.3 is 0 Å². The lowest BCUT2D eigenvalue weighted by molar-refractivity contribution is 0.0708. The van der Waals surface area contributed by atoms with E-state index in [1.807, 2.05) is 11.8 Å². The van der Waals surface area contributed by atoms with Crippen molar-refractivity contribution in [3.8, 4) is 0 Å². The van der Waals surface area contributed by atoms with Crippen LogP contribution in [0.4, 0.5) is 0 Å². The molecule has 21 heavy (non-hydrogen) atoms. The third-order valence-corrected chi connectivity index (χ3v) is 4.18. The Hall–Kier alpha value is -1.62. The van der Waals surface area contributed by atoms with Crippen molar-refractivity contribution in [3.63, 3.8) is 0 Å². The number of nitrogens with two attached hydrogens (primary N) is 1. The Balaban J connectivity index is 2.32. The fraction of sp³-hybridized carbons (Fsp3) is 0.625. The number of hydrogen-bond donors (Lipinski definition) is 2. The summed E-state index contributed by atoms with van der Waals surface area (Å²) in [4.78, 5) is 29.6. The number of ketones is 1. The van der Waals surface area contributed by atoms with Crippen molar-refractivity contribution in [2.75, 3.05) is 13.1 Å². The molecule has 0 radical (unpaired) electrons. The summed E-state index contributed by atoms with van der Waals surface area (Å²) < 4.78 is 0. The number of likely N-dealkylation sites (tertiary alicyclic amines) is 1. The normalized spacial score (nSPS) is 16.3. The summed E-state index contributed by atoms with van der Waals surface area (Å²) in [6.45, 7) is 6.86. The molecular weight excluding hydrogens is 266 g/mol. The molecule has 116 valence electrons. The van der Waals surface area contributed by atoms with Gasteiger partial charge in [0.25, 0.3) is 5.91 Å². The molecule has 0 bridgehead atoms. The predicted molar refractivity (Wildman–Crippen MR) is 82.6 cm³/mol. The molecule has 1 aliphatic rings. The number of amides is 1. The number of Topliss-reactive ketones (excluding diaryl/α,β-unsaturated/α-hetero) is 1. The van der Waals surface area contributed by atoms with Gasteiger partial charge in [-0.3, -0.25) is 9.59 Å². The van der Waals surface area contributed by atoms with Gasteiger partial charge in [-0.1, -0.05) is 13.3 Å². The Morgan fingerprint density at radius 1 is 1.33 bits per heavy atom. The largest absolute Gasteiger partial charge is 0.354 e. The average Bonchev–Trinajstić information content (AvgIpc) is 2.76. The van der Waals surface area contributed by atoms with Crippen molar-refractivity contribution in [3.05, 3.63) is 22.5 Å². The minimum Gasteiger partial charge on any atom is -0.354 e. The van der Waals surface area contributed by atoms with E-state index in [1.54, 1.807) is 6.92 Å². The summed E-state index contributed by atoms with van der Waals surface area (Å²) in [6, 6.07) is 0.197. The van der Waals surface area contributed by atoms with Crippen LogP contribution >= 0.6 is 0 Å². The van der Waals surface area contributed by atoms with Crippen LogP contribution in [0.25, 0.3) is 0 Å². The molecule has 1 fully saturated rings. The van der Waals surface area contributed by atoms with Gasteiger partial charge in [-0.25, -0.2) is 0 Å². The maximum atomic E-state index is 12.7. The van der Waals surface area contributed by atoms with E-state index in [4.69, 9.17) is 5.73 Å². The van der Waals surface area contributed by atoms with Gasteiger partial charge in [0, 0.05) is 30.4 Å². The standard InChI is InChI=1S/C16H25N3O2/c1-4-5-13-14(11(3)20)10(2)18-15(13)16(21)19-8-6-12(17)7-9-19/h12,18H,4-9,17H2,1-3H3. The molecule has 0 atom stereocenters. The molecule has 2 rings (SSSR count). The van der Waals surface area contributed by atoms with E-state index in [2.05, 4.69) is 11.9 Å². The Morgan fingerprint density at radius 2 is 1.95 bits per heavy atom. The topological polar surface area (TPSA) is 79.2 Å². The van der Waals surface area contributed by atoms with Crippen LogP contribution in [-0.2, 0) is 6.42 Å². The molecule has 1 aromatic heterocycles. The number of carbonyl (C=O) groups excluding carboxylic acids is 2. The Kier molecular flexibility index (Phi) is 4.83. The van der Waals surface area contributed by atoms with Crippen molar-refractivity contribution in [1.29, 1.82) is 0 Å². The van der Waals surface area contributed by atoms with Gasteiger partial charge in [-0.15, -0.1) is 0 Å². The molecule has 1 aromatic rings. The Labute approximate surface area is 125 Å². The molecule has 0 unspecified atom stereocenters. The van der Waals surface area contributed by atoms with Crippen LogP contribution in [0.5, 0.6) is 0 Å². The first kappa shape index (κ1) is 15.8. The summed E-state index contributed by atoms with van der Waals surface area (Å²) in [5.74, 6) is 0.0212. The van der Waals surface area contributed by atoms with Crippen LogP contribution in [-0.4, -0.2) is 40.7 Å². The third-order valence-electron chi connectivity index (χ3n) is 4.18. The summed E-state index contributed by atoms with van der Waals surface area (Å²) in [7, 11) is 0. The highest BCUT2D eigenvalue weighted by molar-refractivity contribution is 6.02. The van der Waals surface area contributed by atoms with E-state index in [-0.39, 0.29) is 17.7 Å². The zero-order valence-corrected chi connectivity index (χ0v) is 13.2. The highest BCUT2D eigenvalue weighted by Crippen LogP contribution is 2.23. The molecular formula is C16H25N3O2. The molecule has 5 heteroatoms. The van der Waals surface area contributed by atoms with E-state index in [0.717, 1.165) is 36.9 Å². The van der Waals surface area contributed by atoms with Crippen LogP contribution in [0, 0.1) is 6.92 Å². The van der Waals surface area contributed by atoms with E-state index in [9.17, 15) is 9.59 Å². The van der Waals surface area contributed by atoms with E-state index in [0.29, 0.717) is 24.3 Å². The maximum Gasteiger partial charge on any atom is 0.270 e. The fourth-order valence-electron chi connectivity index (χ4n) is 3.10. The van der Waals surface area contributed by atoms with Gasteiger partial charge in [0.15, 0.2) is 5.78 Å². The zero-order valence-electron chi connectivity index (χ0n) is 13.2. The number of aromatic nitrogens is 1. The van der Waals surface area contributed by atoms with Gasteiger partial charge < -0.3 is 15.6 Å². The second kappa shape index (κ2) is 6.43.